The number of hydrogen-bond acceptors (Lipinski definition) is 4. The smallest absolute Gasteiger partial charge is 0.181 e. The number of halogens is 3. The zero-order valence-electron chi connectivity index (χ0n) is 13.4. The number of aryl methyl sites for hydroxylation is 1. The molecule has 0 spiro atoms. The van der Waals surface area contributed by atoms with E-state index in [9.17, 15) is 0 Å². The van der Waals surface area contributed by atoms with Crippen LogP contribution >= 0.6 is 34.8 Å². The average Bonchev–Trinajstić information content (AvgIpc) is 3.03. The number of nitrogens with one attached hydrogen (secondary N) is 1. The first-order valence-corrected chi connectivity index (χ1v) is 8.76. The van der Waals surface area contributed by atoms with E-state index in [0.29, 0.717) is 32.8 Å². The quantitative estimate of drug-likeness (QED) is 0.419. The van der Waals surface area contributed by atoms with Crippen molar-refractivity contribution in [2.45, 2.75) is 6.92 Å². The Morgan fingerprint density at radius 3 is 2.54 bits per heavy atom. The maximum atomic E-state index is 6.39. The number of nitrogens with zero attached hydrogens (tertiary/aromatic N) is 3. The molecule has 0 radical (unpaired) electrons. The molecule has 0 atom stereocenters. The molecule has 0 fully saturated rings. The predicted molar refractivity (Wildman–Crippen MR) is 103 cm³/mol. The van der Waals surface area contributed by atoms with Gasteiger partial charge in [0.25, 0.3) is 0 Å². The van der Waals surface area contributed by atoms with E-state index in [1.807, 2.05) is 25.1 Å². The Morgan fingerprint density at radius 2 is 1.77 bits per heavy atom. The lowest BCUT2D eigenvalue weighted by Crippen LogP contribution is -1.95. The number of hydrogen-bond donors (Lipinski definition) is 1. The van der Waals surface area contributed by atoms with Crippen LogP contribution in [0, 0.1) is 6.92 Å². The van der Waals surface area contributed by atoms with Crippen LogP contribution in [0.3, 0.4) is 0 Å². The highest BCUT2D eigenvalue weighted by atomic mass is 35.5. The summed E-state index contributed by atoms with van der Waals surface area (Å²) in [4.78, 5) is 8.52. The van der Waals surface area contributed by atoms with Crippen LogP contribution < -0.4 is 4.74 Å². The van der Waals surface area contributed by atoms with Crippen molar-refractivity contribution in [1.82, 2.24) is 20.2 Å². The normalized spacial score (nSPS) is 11.1. The summed E-state index contributed by atoms with van der Waals surface area (Å²) in [5.74, 6) is 0.647. The summed E-state index contributed by atoms with van der Waals surface area (Å²) in [6.45, 7) is 1.85. The highest BCUT2D eigenvalue weighted by Crippen LogP contribution is 2.43. The fraction of sp³-hybridized carbons (Fsp3) is 0.0556. The van der Waals surface area contributed by atoms with Crippen molar-refractivity contribution in [3.63, 3.8) is 0 Å². The van der Waals surface area contributed by atoms with Crippen LogP contribution in [0.4, 0.5) is 0 Å². The van der Waals surface area contributed by atoms with E-state index in [1.54, 1.807) is 24.4 Å². The Morgan fingerprint density at radius 1 is 1.00 bits per heavy atom. The molecule has 3 aromatic heterocycles. The monoisotopic (exact) mass is 404 g/mol. The van der Waals surface area contributed by atoms with Crippen LogP contribution in [0.5, 0.6) is 11.5 Å². The number of rotatable bonds is 3. The maximum absolute atomic E-state index is 6.39. The van der Waals surface area contributed by atoms with E-state index in [2.05, 4.69) is 20.2 Å². The Balaban J connectivity index is 1.93. The van der Waals surface area contributed by atoms with Crippen LogP contribution in [-0.4, -0.2) is 20.2 Å². The van der Waals surface area contributed by atoms with E-state index in [0.717, 1.165) is 16.8 Å². The summed E-state index contributed by atoms with van der Waals surface area (Å²) in [6, 6.07) is 10.7. The first-order valence-electron chi connectivity index (χ1n) is 7.63. The SMILES string of the molecule is Cc1cc(-c2[nH]nc3ncccc23)c(Oc2c(Cl)cccc2Cl)c(Cl)n1. The van der Waals surface area contributed by atoms with Crippen molar-refractivity contribution >= 4 is 45.8 Å². The molecule has 0 unspecified atom stereocenters. The van der Waals surface area contributed by atoms with Gasteiger partial charge in [-0.15, -0.1) is 0 Å². The molecule has 1 aromatic carbocycles. The maximum Gasteiger partial charge on any atom is 0.181 e. The van der Waals surface area contributed by atoms with Gasteiger partial charge in [-0.05, 0) is 37.3 Å². The number of pyridine rings is 2. The van der Waals surface area contributed by atoms with Crippen molar-refractivity contribution in [1.29, 1.82) is 0 Å². The zero-order valence-corrected chi connectivity index (χ0v) is 15.7. The number of aromatic nitrogens is 4. The van der Waals surface area contributed by atoms with Gasteiger partial charge in [0.05, 0.1) is 15.7 Å². The Bertz CT molecular complexity index is 1110. The predicted octanol–water partition coefficient (Wildman–Crippen LogP) is 6.08. The topological polar surface area (TPSA) is 63.7 Å². The first-order chi connectivity index (χ1) is 12.5. The molecule has 4 aromatic rings. The van der Waals surface area contributed by atoms with Crippen molar-refractivity contribution in [3.05, 3.63) is 63.5 Å². The van der Waals surface area contributed by atoms with Gasteiger partial charge in [0.1, 0.15) is 0 Å². The standard InChI is InChI=1S/C18H11Cl3N4O/c1-9-8-11(14-10-4-3-7-22-18(10)25-24-14)15(17(21)23-9)26-16-12(19)5-2-6-13(16)20/h2-8H,1H3,(H,22,24,25). The van der Waals surface area contributed by atoms with E-state index in [-0.39, 0.29) is 5.15 Å². The minimum absolute atomic E-state index is 0.197. The molecule has 130 valence electrons. The van der Waals surface area contributed by atoms with Crippen LogP contribution in [-0.2, 0) is 0 Å². The van der Waals surface area contributed by atoms with Crippen LogP contribution in [0.25, 0.3) is 22.3 Å². The molecule has 5 nitrogen and oxygen atoms in total. The molecule has 0 saturated carbocycles. The lowest BCUT2D eigenvalue weighted by Gasteiger charge is -2.14. The Labute approximate surface area is 163 Å². The van der Waals surface area contributed by atoms with Crippen molar-refractivity contribution in [3.8, 4) is 22.8 Å². The van der Waals surface area contributed by atoms with Crippen molar-refractivity contribution in [2.24, 2.45) is 0 Å². The third kappa shape index (κ3) is 2.98. The molecule has 1 N–H and O–H groups in total. The van der Waals surface area contributed by atoms with E-state index < -0.39 is 0 Å². The number of fused-ring (bicyclic) bond motifs is 1. The van der Waals surface area contributed by atoms with Crippen LogP contribution in [0.1, 0.15) is 5.69 Å². The van der Waals surface area contributed by atoms with Gasteiger partial charge in [-0.1, -0.05) is 40.9 Å². The van der Waals surface area contributed by atoms with E-state index in [4.69, 9.17) is 39.5 Å². The molecule has 3 heterocycles. The molecular formula is C18H11Cl3N4O. The molecular weight excluding hydrogens is 395 g/mol. The number of benzene rings is 1. The summed E-state index contributed by atoms with van der Waals surface area (Å²) in [5, 5.41) is 9.00. The summed E-state index contributed by atoms with van der Waals surface area (Å²) in [6.07, 6.45) is 1.68. The largest absolute Gasteiger partial charge is 0.450 e. The number of H-pyrrole nitrogens is 1. The molecule has 0 aliphatic heterocycles. The summed E-state index contributed by atoms with van der Waals surface area (Å²) in [5.41, 5.74) is 2.73. The molecule has 8 heteroatoms. The van der Waals surface area contributed by atoms with Gasteiger partial charge < -0.3 is 4.74 Å². The van der Waals surface area contributed by atoms with Gasteiger partial charge in [0.2, 0.25) is 0 Å². The second-order valence-corrected chi connectivity index (χ2v) is 6.73. The summed E-state index contributed by atoms with van der Waals surface area (Å²) >= 11 is 18.8. The van der Waals surface area contributed by atoms with Gasteiger partial charge >= 0.3 is 0 Å². The first kappa shape index (κ1) is 17.1. The second kappa shape index (κ2) is 6.76. The Kier molecular flexibility index (Phi) is 4.44. The molecule has 0 aliphatic rings. The van der Waals surface area contributed by atoms with Crippen molar-refractivity contribution in [2.75, 3.05) is 0 Å². The van der Waals surface area contributed by atoms with Crippen molar-refractivity contribution < 1.29 is 4.74 Å². The second-order valence-electron chi connectivity index (χ2n) is 5.56. The molecule has 4 rings (SSSR count). The molecule has 0 amide bonds. The van der Waals surface area contributed by atoms with Gasteiger partial charge in [0.15, 0.2) is 22.3 Å². The third-order valence-electron chi connectivity index (χ3n) is 3.78. The van der Waals surface area contributed by atoms with Crippen LogP contribution in [0.2, 0.25) is 15.2 Å². The summed E-state index contributed by atoms with van der Waals surface area (Å²) < 4.78 is 6.00. The minimum atomic E-state index is 0.197. The molecule has 26 heavy (non-hydrogen) atoms. The van der Waals surface area contributed by atoms with Crippen LogP contribution in [0.15, 0.2) is 42.6 Å². The Hall–Kier alpha value is -2.34. The molecule has 0 saturated heterocycles. The highest BCUT2D eigenvalue weighted by molar-refractivity contribution is 6.37. The molecule has 0 bridgehead atoms. The third-order valence-corrected chi connectivity index (χ3v) is 4.63. The zero-order chi connectivity index (χ0) is 18.3. The number of aromatic amines is 1. The van der Waals surface area contributed by atoms with E-state index in [1.165, 1.54) is 0 Å². The van der Waals surface area contributed by atoms with E-state index >= 15 is 0 Å². The lowest BCUT2D eigenvalue weighted by atomic mass is 10.1. The van der Waals surface area contributed by atoms with Gasteiger partial charge in [0, 0.05) is 22.8 Å². The lowest BCUT2D eigenvalue weighted by molar-refractivity contribution is 0.482. The fourth-order valence-corrected chi connectivity index (χ4v) is 3.39. The number of ether oxygens (including phenoxy) is 1. The fourth-order valence-electron chi connectivity index (χ4n) is 2.64. The van der Waals surface area contributed by atoms with Gasteiger partial charge in [-0.3, -0.25) is 5.10 Å². The number of para-hydroxylation sites is 1. The average molecular weight is 406 g/mol. The highest BCUT2D eigenvalue weighted by Gasteiger charge is 2.20. The summed E-state index contributed by atoms with van der Waals surface area (Å²) in [7, 11) is 0. The minimum Gasteiger partial charge on any atom is -0.450 e. The molecule has 0 aliphatic carbocycles. The van der Waals surface area contributed by atoms with Gasteiger partial charge in [-0.25, -0.2) is 9.97 Å². The van der Waals surface area contributed by atoms with Gasteiger partial charge in [-0.2, -0.15) is 5.10 Å².